The van der Waals surface area contributed by atoms with Gasteiger partial charge in [0.05, 0.1) is 0 Å². The summed E-state index contributed by atoms with van der Waals surface area (Å²) in [5, 5.41) is 14.9. The molecule has 0 radical (unpaired) electrons. The average Bonchev–Trinajstić information content (AvgIpc) is 2.89. The number of fused-ring (bicyclic) bond motifs is 1. The molecule has 1 aromatic carbocycles. The summed E-state index contributed by atoms with van der Waals surface area (Å²) < 4.78 is 0. The molecule has 0 unspecified atom stereocenters. The number of halogens is 3. The number of hydrogen-bond donors (Lipinski definition) is 4. The lowest BCUT2D eigenvalue weighted by molar-refractivity contribution is 0.999. The van der Waals surface area contributed by atoms with E-state index in [4.69, 9.17) is 17.3 Å². The molecule has 0 spiro atoms. The van der Waals surface area contributed by atoms with E-state index in [2.05, 4.69) is 30.8 Å². The van der Waals surface area contributed by atoms with Crippen LogP contribution in [-0.2, 0) is 0 Å². The highest BCUT2D eigenvalue weighted by Gasteiger charge is 2.12. The van der Waals surface area contributed by atoms with Gasteiger partial charge in [0.2, 0.25) is 0 Å². The van der Waals surface area contributed by atoms with Gasteiger partial charge < -0.3 is 16.4 Å². The second-order valence-corrected chi connectivity index (χ2v) is 4.81. The molecule has 0 saturated carbocycles. The van der Waals surface area contributed by atoms with E-state index in [0.717, 1.165) is 11.1 Å². The van der Waals surface area contributed by atoms with E-state index < -0.39 is 0 Å². The Morgan fingerprint density at radius 2 is 2.00 bits per heavy atom. The second-order valence-electron chi connectivity index (χ2n) is 4.37. The minimum absolute atomic E-state index is 0. The molecule has 124 valence electrons. The Balaban J connectivity index is 0.00000132. The number of aromatic nitrogens is 4. The van der Waals surface area contributed by atoms with Gasteiger partial charge in [-0.3, -0.25) is 5.10 Å². The van der Waals surface area contributed by atoms with Crippen molar-refractivity contribution in [3.05, 3.63) is 35.6 Å². The molecule has 3 aromatic rings. The van der Waals surface area contributed by atoms with E-state index in [9.17, 15) is 0 Å². The molecule has 0 aliphatic carbocycles. The highest BCUT2D eigenvalue weighted by molar-refractivity contribution is 6.30. The van der Waals surface area contributed by atoms with E-state index in [1.54, 1.807) is 0 Å². The summed E-state index contributed by atoms with van der Waals surface area (Å²) in [6.07, 6.45) is 1.47. The maximum atomic E-state index is 5.99. The van der Waals surface area contributed by atoms with Gasteiger partial charge in [0, 0.05) is 23.8 Å². The molecule has 0 amide bonds. The third-order valence-electron chi connectivity index (χ3n) is 2.88. The summed E-state index contributed by atoms with van der Waals surface area (Å²) in [4.78, 5) is 8.44. The van der Waals surface area contributed by atoms with E-state index in [0.29, 0.717) is 35.4 Å². The van der Waals surface area contributed by atoms with Crippen molar-refractivity contribution >= 4 is 64.8 Å². The third kappa shape index (κ3) is 4.35. The van der Waals surface area contributed by atoms with E-state index in [1.807, 2.05) is 24.3 Å². The SMILES string of the molecule is Cl.Cl.NCCNc1n[nH]c2ncnc(Nc3cccc(Cl)c3)c12. The minimum Gasteiger partial charge on any atom is -0.367 e. The number of rotatable bonds is 5. The monoisotopic (exact) mass is 375 g/mol. The van der Waals surface area contributed by atoms with Gasteiger partial charge in [0.15, 0.2) is 11.5 Å². The molecule has 2 heterocycles. The minimum atomic E-state index is 0. The van der Waals surface area contributed by atoms with Gasteiger partial charge in [0.25, 0.3) is 0 Å². The summed E-state index contributed by atoms with van der Waals surface area (Å²) >= 11 is 5.99. The topological polar surface area (TPSA) is 105 Å². The van der Waals surface area contributed by atoms with Crippen LogP contribution in [-0.4, -0.2) is 33.3 Å². The predicted octanol–water partition coefficient (Wildman–Crippen LogP) is 2.96. The smallest absolute Gasteiger partial charge is 0.162 e. The van der Waals surface area contributed by atoms with Gasteiger partial charge in [0.1, 0.15) is 17.5 Å². The van der Waals surface area contributed by atoms with Crippen LogP contribution < -0.4 is 16.4 Å². The Kier molecular flexibility index (Phi) is 7.31. The maximum absolute atomic E-state index is 5.99. The van der Waals surface area contributed by atoms with Crippen molar-refractivity contribution in [3.63, 3.8) is 0 Å². The van der Waals surface area contributed by atoms with E-state index >= 15 is 0 Å². The van der Waals surface area contributed by atoms with Crippen molar-refractivity contribution in [2.45, 2.75) is 0 Å². The van der Waals surface area contributed by atoms with Crippen molar-refractivity contribution in [1.82, 2.24) is 20.2 Å². The van der Waals surface area contributed by atoms with Gasteiger partial charge >= 0.3 is 0 Å². The lowest BCUT2D eigenvalue weighted by Gasteiger charge is -2.08. The van der Waals surface area contributed by atoms with Crippen LogP contribution in [0.25, 0.3) is 11.0 Å². The zero-order chi connectivity index (χ0) is 14.7. The van der Waals surface area contributed by atoms with Crippen LogP contribution in [0.15, 0.2) is 30.6 Å². The zero-order valence-corrected chi connectivity index (χ0v) is 14.3. The normalized spacial score (nSPS) is 9.83. The van der Waals surface area contributed by atoms with Gasteiger partial charge in [-0.2, -0.15) is 5.10 Å². The summed E-state index contributed by atoms with van der Waals surface area (Å²) in [5.41, 5.74) is 6.99. The summed E-state index contributed by atoms with van der Waals surface area (Å²) in [5.74, 6) is 1.32. The zero-order valence-electron chi connectivity index (χ0n) is 11.9. The Bertz CT molecular complexity index is 762. The highest BCUT2D eigenvalue weighted by atomic mass is 35.5. The molecule has 0 fully saturated rings. The molecule has 3 rings (SSSR count). The fourth-order valence-corrected chi connectivity index (χ4v) is 2.17. The molecule has 7 nitrogen and oxygen atoms in total. The van der Waals surface area contributed by atoms with Crippen LogP contribution in [0.5, 0.6) is 0 Å². The maximum Gasteiger partial charge on any atom is 0.162 e. The van der Waals surface area contributed by atoms with Crippen molar-refractivity contribution < 1.29 is 0 Å². The lowest BCUT2D eigenvalue weighted by atomic mass is 10.3. The van der Waals surface area contributed by atoms with Gasteiger partial charge in [-0.25, -0.2) is 9.97 Å². The molecule has 0 bridgehead atoms. The number of H-pyrrole nitrogens is 1. The largest absolute Gasteiger partial charge is 0.367 e. The summed E-state index contributed by atoms with van der Waals surface area (Å²) in [7, 11) is 0. The van der Waals surface area contributed by atoms with Crippen molar-refractivity contribution in [1.29, 1.82) is 0 Å². The lowest BCUT2D eigenvalue weighted by Crippen LogP contribution is -2.13. The number of anilines is 3. The molecule has 0 aliphatic heterocycles. The van der Waals surface area contributed by atoms with Crippen molar-refractivity contribution in [2.24, 2.45) is 5.73 Å². The van der Waals surface area contributed by atoms with Crippen LogP contribution in [0.1, 0.15) is 0 Å². The Morgan fingerprint density at radius 1 is 1.17 bits per heavy atom. The highest BCUT2D eigenvalue weighted by Crippen LogP contribution is 2.28. The standard InChI is InChI=1S/C13H14ClN7.2ClH/c14-8-2-1-3-9(6-8)19-11-10-12(16-5-4-15)20-21-13(10)18-7-17-11;;/h1-3,6-7H,4-5,15H2,(H3,16,17,18,19,20,21);2*1H. The van der Waals surface area contributed by atoms with Crippen LogP contribution in [0.3, 0.4) is 0 Å². The Morgan fingerprint density at radius 3 is 2.74 bits per heavy atom. The fraction of sp³-hybridized carbons (Fsp3) is 0.154. The van der Waals surface area contributed by atoms with Crippen LogP contribution in [0, 0.1) is 0 Å². The fourth-order valence-electron chi connectivity index (χ4n) is 1.98. The van der Waals surface area contributed by atoms with Crippen LogP contribution >= 0.6 is 36.4 Å². The van der Waals surface area contributed by atoms with Crippen LogP contribution in [0.4, 0.5) is 17.3 Å². The van der Waals surface area contributed by atoms with Crippen molar-refractivity contribution in [2.75, 3.05) is 23.7 Å². The van der Waals surface area contributed by atoms with E-state index in [-0.39, 0.29) is 24.8 Å². The number of benzene rings is 1. The molecule has 23 heavy (non-hydrogen) atoms. The molecule has 5 N–H and O–H groups in total. The van der Waals surface area contributed by atoms with Gasteiger partial charge in [-0.1, -0.05) is 17.7 Å². The Labute approximate surface area is 150 Å². The number of hydrogen-bond acceptors (Lipinski definition) is 6. The molecule has 0 saturated heterocycles. The molecular formula is C13H16Cl3N7. The average molecular weight is 377 g/mol. The van der Waals surface area contributed by atoms with Gasteiger partial charge in [-0.05, 0) is 18.2 Å². The first-order valence-electron chi connectivity index (χ1n) is 6.43. The number of nitrogens with two attached hydrogens (primary N) is 1. The predicted molar refractivity (Wildman–Crippen MR) is 98.5 cm³/mol. The summed E-state index contributed by atoms with van der Waals surface area (Å²) in [6.45, 7) is 1.13. The molecule has 0 atom stereocenters. The first kappa shape index (κ1) is 19.2. The quantitative estimate of drug-likeness (QED) is 0.546. The molecule has 2 aromatic heterocycles. The Hall–Kier alpha value is -1.80. The van der Waals surface area contributed by atoms with Crippen molar-refractivity contribution in [3.8, 4) is 0 Å². The van der Waals surface area contributed by atoms with E-state index in [1.165, 1.54) is 6.33 Å². The second kappa shape index (κ2) is 8.73. The number of aromatic amines is 1. The first-order chi connectivity index (χ1) is 10.3. The van der Waals surface area contributed by atoms with Crippen LogP contribution in [0.2, 0.25) is 5.02 Å². The molecule has 0 aliphatic rings. The summed E-state index contributed by atoms with van der Waals surface area (Å²) in [6, 6.07) is 7.41. The first-order valence-corrected chi connectivity index (χ1v) is 6.81. The molecular weight excluding hydrogens is 361 g/mol. The number of nitrogens with one attached hydrogen (secondary N) is 3. The number of nitrogens with zero attached hydrogens (tertiary/aromatic N) is 3. The van der Waals surface area contributed by atoms with Gasteiger partial charge in [-0.15, -0.1) is 24.8 Å². The molecule has 10 heteroatoms. The third-order valence-corrected chi connectivity index (χ3v) is 3.12.